The molecule has 3 aliphatic rings. The maximum atomic E-state index is 14.8. The molecule has 0 radical (unpaired) electrons. The van der Waals surface area contributed by atoms with E-state index in [1.165, 1.54) is 21.7 Å². The van der Waals surface area contributed by atoms with Crippen molar-refractivity contribution in [2.75, 3.05) is 49.1 Å². The molecule has 1 aromatic rings. The fourth-order valence-corrected chi connectivity index (χ4v) is 4.96. The van der Waals surface area contributed by atoms with E-state index < -0.39 is 22.1 Å². The highest BCUT2D eigenvalue weighted by Crippen LogP contribution is 2.29. The minimum absolute atomic E-state index is 0.190. The van der Waals surface area contributed by atoms with Gasteiger partial charge in [0.05, 0.1) is 29.5 Å². The summed E-state index contributed by atoms with van der Waals surface area (Å²) in [7, 11) is -3.74. The molecule has 1 atom stereocenters. The lowest BCUT2D eigenvalue weighted by molar-refractivity contribution is 0.142. The van der Waals surface area contributed by atoms with Gasteiger partial charge in [-0.3, -0.25) is 4.90 Å². The molecule has 2 heterocycles. The summed E-state index contributed by atoms with van der Waals surface area (Å²) < 4.78 is 44.3. The average molecular weight is 472 g/mol. The number of nitrogens with zero attached hydrogens (tertiary/aromatic N) is 3. The fourth-order valence-electron chi connectivity index (χ4n) is 3.97. The Kier molecular flexibility index (Phi) is 6.33. The molecule has 3 N–H and O–H groups in total. The van der Waals surface area contributed by atoms with E-state index in [0.29, 0.717) is 43.5 Å². The highest BCUT2D eigenvalue weighted by molar-refractivity contribution is 7.86. The lowest BCUT2D eigenvalue weighted by Crippen LogP contribution is -2.50. The number of cyclic esters (lactones) is 1. The van der Waals surface area contributed by atoms with Crippen LogP contribution in [0.1, 0.15) is 19.3 Å². The summed E-state index contributed by atoms with van der Waals surface area (Å²) in [4.78, 5) is 16.3. The Morgan fingerprint density at radius 1 is 1.26 bits per heavy atom. The SMILES string of the molecule is NS(=O)(=O)N1CCN(c2ccc(N3CC(CNC(=S)C4CCC4)OC3=O)cc2F)CC1. The largest absolute Gasteiger partial charge is 0.442 e. The number of rotatable bonds is 6. The van der Waals surface area contributed by atoms with Gasteiger partial charge in [-0.1, -0.05) is 18.6 Å². The second-order valence-corrected chi connectivity index (χ2v) is 10.0. The van der Waals surface area contributed by atoms with Gasteiger partial charge in [-0.2, -0.15) is 12.7 Å². The van der Waals surface area contributed by atoms with E-state index in [9.17, 15) is 17.6 Å². The zero-order valence-electron chi connectivity index (χ0n) is 17.0. The Labute approximate surface area is 186 Å². The Morgan fingerprint density at radius 3 is 2.55 bits per heavy atom. The smallest absolute Gasteiger partial charge is 0.414 e. The number of nitrogens with one attached hydrogen (secondary N) is 1. The van der Waals surface area contributed by atoms with Crippen LogP contribution in [-0.4, -0.2) is 69.2 Å². The number of amides is 1. The van der Waals surface area contributed by atoms with Gasteiger partial charge >= 0.3 is 6.09 Å². The number of ether oxygens (including phenoxy) is 1. The van der Waals surface area contributed by atoms with Crippen LogP contribution in [0.25, 0.3) is 0 Å². The van der Waals surface area contributed by atoms with E-state index in [-0.39, 0.29) is 19.2 Å². The molecule has 2 aliphatic heterocycles. The molecule has 1 aromatic carbocycles. The number of carbonyl (C=O) groups is 1. The summed E-state index contributed by atoms with van der Waals surface area (Å²) in [5, 5.41) is 8.33. The zero-order valence-corrected chi connectivity index (χ0v) is 18.6. The number of benzene rings is 1. The van der Waals surface area contributed by atoms with Crippen LogP contribution < -0.4 is 20.3 Å². The van der Waals surface area contributed by atoms with Crippen LogP contribution in [0.3, 0.4) is 0 Å². The molecular formula is C19H26FN5O4S2. The summed E-state index contributed by atoms with van der Waals surface area (Å²) in [5.41, 5.74) is 0.771. The van der Waals surface area contributed by atoms with Crippen molar-refractivity contribution in [2.24, 2.45) is 11.1 Å². The first-order chi connectivity index (χ1) is 14.7. The van der Waals surface area contributed by atoms with Crippen molar-refractivity contribution < 1.29 is 22.3 Å². The van der Waals surface area contributed by atoms with Crippen LogP contribution in [0.4, 0.5) is 20.6 Å². The molecular weight excluding hydrogens is 445 g/mol. The standard InChI is InChI=1S/C19H26FN5O4S2/c20-16-10-14(4-5-17(16)23-6-8-24(9-7-23)31(21,27)28)25-12-15(29-19(25)26)11-22-18(30)13-2-1-3-13/h4-5,10,13,15H,1-3,6-9,11-12H2,(H,22,30)(H2,21,27,28). The van der Waals surface area contributed by atoms with E-state index in [4.69, 9.17) is 22.1 Å². The topological polar surface area (TPSA) is 108 Å². The van der Waals surface area contributed by atoms with Crippen molar-refractivity contribution in [2.45, 2.75) is 25.4 Å². The number of thiocarbonyl (C=S) groups is 1. The summed E-state index contributed by atoms with van der Waals surface area (Å²) >= 11 is 5.37. The molecule has 2 saturated heterocycles. The first-order valence-electron chi connectivity index (χ1n) is 10.3. The average Bonchev–Trinajstić information content (AvgIpc) is 3.05. The van der Waals surface area contributed by atoms with Gasteiger partial charge in [-0.25, -0.2) is 14.3 Å². The van der Waals surface area contributed by atoms with Gasteiger partial charge < -0.3 is 15.0 Å². The number of carbonyl (C=O) groups excluding carboxylic acids is 1. The van der Waals surface area contributed by atoms with Crippen molar-refractivity contribution in [3.8, 4) is 0 Å². The predicted octanol–water partition coefficient (Wildman–Crippen LogP) is 1.19. The minimum atomic E-state index is -3.74. The Balaban J connectivity index is 1.35. The minimum Gasteiger partial charge on any atom is -0.442 e. The van der Waals surface area contributed by atoms with E-state index in [1.54, 1.807) is 17.0 Å². The van der Waals surface area contributed by atoms with Crippen LogP contribution in [0.15, 0.2) is 18.2 Å². The van der Waals surface area contributed by atoms with Gasteiger partial charge in [0.15, 0.2) is 0 Å². The number of nitrogens with two attached hydrogens (primary N) is 1. The summed E-state index contributed by atoms with van der Waals surface area (Å²) in [6.45, 7) is 1.78. The predicted molar refractivity (Wildman–Crippen MR) is 119 cm³/mol. The number of anilines is 2. The molecule has 3 fully saturated rings. The summed E-state index contributed by atoms with van der Waals surface area (Å²) in [6.07, 6.45) is 2.52. The third-order valence-corrected chi connectivity index (χ3v) is 7.60. The van der Waals surface area contributed by atoms with Crippen LogP contribution in [-0.2, 0) is 14.9 Å². The monoisotopic (exact) mass is 471 g/mol. The molecule has 1 amide bonds. The van der Waals surface area contributed by atoms with E-state index in [0.717, 1.165) is 17.8 Å². The molecule has 0 aromatic heterocycles. The zero-order chi connectivity index (χ0) is 22.2. The van der Waals surface area contributed by atoms with E-state index in [1.807, 2.05) is 0 Å². The van der Waals surface area contributed by atoms with Crippen molar-refractivity contribution in [3.05, 3.63) is 24.0 Å². The van der Waals surface area contributed by atoms with Crippen LogP contribution in [0, 0.1) is 11.7 Å². The molecule has 1 aliphatic carbocycles. The van der Waals surface area contributed by atoms with Gasteiger partial charge in [0, 0.05) is 32.1 Å². The molecule has 9 nitrogen and oxygen atoms in total. The maximum Gasteiger partial charge on any atom is 0.414 e. The fraction of sp³-hybridized carbons (Fsp3) is 0.579. The number of halogens is 1. The molecule has 1 unspecified atom stereocenters. The molecule has 4 rings (SSSR count). The normalized spacial score (nSPS) is 22.9. The van der Waals surface area contributed by atoms with Gasteiger partial charge in [0.1, 0.15) is 11.9 Å². The number of hydrogen-bond donors (Lipinski definition) is 2. The highest BCUT2D eigenvalue weighted by atomic mass is 32.2. The molecule has 170 valence electrons. The molecule has 0 spiro atoms. The van der Waals surface area contributed by atoms with Crippen LogP contribution in [0.5, 0.6) is 0 Å². The Hall–Kier alpha value is -2.02. The molecule has 12 heteroatoms. The van der Waals surface area contributed by atoms with Crippen molar-refractivity contribution in [1.82, 2.24) is 9.62 Å². The molecule has 1 saturated carbocycles. The summed E-state index contributed by atoms with van der Waals surface area (Å²) in [5.74, 6) is -0.0567. The third-order valence-electron chi connectivity index (χ3n) is 6.04. The Morgan fingerprint density at radius 2 is 1.97 bits per heavy atom. The lowest BCUT2D eigenvalue weighted by Gasteiger charge is -2.34. The second kappa shape index (κ2) is 8.85. The van der Waals surface area contributed by atoms with Crippen molar-refractivity contribution >= 4 is 44.9 Å². The number of piperazine rings is 1. The number of hydrogen-bond acceptors (Lipinski definition) is 6. The Bertz CT molecular complexity index is 964. The van der Waals surface area contributed by atoms with Gasteiger partial charge in [-0.15, -0.1) is 0 Å². The summed E-state index contributed by atoms with van der Waals surface area (Å²) in [6, 6.07) is 4.57. The van der Waals surface area contributed by atoms with Gasteiger partial charge in [0.2, 0.25) is 0 Å². The molecule has 31 heavy (non-hydrogen) atoms. The van der Waals surface area contributed by atoms with Gasteiger partial charge in [0.25, 0.3) is 10.2 Å². The lowest BCUT2D eigenvalue weighted by atomic mass is 9.85. The van der Waals surface area contributed by atoms with Crippen LogP contribution >= 0.6 is 12.2 Å². The first-order valence-corrected chi connectivity index (χ1v) is 12.2. The highest BCUT2D eigenvalue weighted by Gasteiger charge is 2.34. The maximum absolute atomic E-state index is 14.8. The molecule has 0 bridgehead atoms. The van der Waals surface area contributed by atoms with Gasteiger partial charge in [-0.05, 0) is 31.0 Å². The van der Waals surface area contributed by atoms with E-state index >= 15 is 0 Å². The third kappa shape index (κ3) is 4.92. The second-order valence-electron chi connectivity index (χ2n) is 8.06. The van der Waals surface area contributed by atoms with Crippen molar-refractivity contribution in [3.63, 3.8) is 0 Å². The van der Waals surface area contributed by atoms with E-state index in [2.05, 4.69) is 5.32 Å². The van der Waals surface area contributed by atoms with Crippen LogP contribution in [0.2, 0.25) is 0 Å². The first kappa shape index (κ1) is 22.2. The quantitative estimate of drug-likeness (QED) is 0.600. The van der Waals surface area contributed by atoms with Crippen molar-refractivity contribution in [1.29, 1.82) is 0 Å².